The number of benzene rings is 1. The molecule has 1 aliphatic rings. The van der Waals surface area contributed by atoms with Crippen LogP contribution in [-0.2, 0) is 0 Å². The Morgan fingerprint density at radius 3 is 3.00 bits per heavy atom. The van der Waals surface area contributed by atoms with E-state index in [4.69, 9.17) is 4.98 Å². The van der Waals surface area contributed by atoms with Crippen molar-refractivity contribution in [2.24, 2.45) is 0 Å². The van der Waals surface area contributed by atoms with E-state index in [1.807, 2.05) is 11.3 Å². The fourth-order valence-corrected chi connectivity index (χ4v) is 4.12. The first-order valence-corrected chi connectivity index (χ1v) is 8.43. The Labute approximate surface area is 125 Å². The molecule has 1 aliphatic heterocycles. The second kappa shape index (κ2) is 6.20. The molecule has 1 aromatic heterocycles. The van der Waals surface area contributed by atoms with Crippen LogP contribution in [-0.4, -0.2) is 35.6 Å². The third-order valence-corrected chi connectivity index (χ3v) is 5.36. The Kier molecular flexibility index (Phi) is 4.34. The van der Waals surface area contributed by atoms with Crippen LogP contribution in [0.15, 0.2) is 24.3 Å². The lowest BCUT2D eigenvalue weighted by atomic mass is 10.1. The monoisotopic (exact) mass is 289 g/mol. The molecule has 0 bridgehead atoms. The number of aromatic nitrogens is 1. The molecule has 1 aromatic carbocycles. The van der Waals surface area contributed by atoms with Crippen molar-refractivity contribution in [3.63, 3.8) is 0 Å². The summed E-state index contributed by atoms with van der Waals surface area (Å²) in [7, 11) is 0. The standard InChI is InChI=1S/C16H23N3S/c1-3-10-19(13-8-9-17-11-13)12(2)16-18-14-6-4-5-7-15(14)20-16/h4-7,12-13,17H,3,8-11H2,1-2H3. The van der Waals surface area contributed by atoms with Crippen molar-refractivity contribution in [3.8, 4) is 0 Å². The molecule has 3 nitrogen and oxygen atoms in total. The molecule has 2 atom stereocenters. The molecular formula is C16H23N3S. The molecule has 3 rings (SSSR count). The number of hydrogen-bond donors (Lipinski definition) is 1. The third-order valence-electron chi connectivity index (χ3n) is 4.15. The first kappa shape index (κ1) is 14.0. The van der Waals surface area contributed by atoms with Gasteiger partial charge in [-0.25, -0.2) is 4.98 Å². The number of nitrogens with zero attached hydrogens (tertiary/aromatic N) is 2. The van der Waals surface area contributed by atoms with Gasteiger partial charge in [0, 0.05) is 12.6 Å². The van der Waals surface area contributed by atoms with E-state index >= 15 is 0 Å². The van der Waals surface area contributed by atoms with Crippen molar-refractivity contribution < 1.29 is 0 Å². The summed E-state index contributed by atoms with van der Waals surface area (Å²) in [6.45, 7) is 8.00. The molecule has 2 heterocycles. The molecule has 0 aliphatic carbocycles. The normalized spacial score (nSPS) is 20.9. The molecule has 0 saturated carbocycles. The molecule has 1 N–H and O–H groups in total. The Balaban J connectivity index is 1.85. The second-order valence-corrected chi connectivity index (χ2v) is 6.64. The number of thiazole rings is 1. The lowest BCUT2D eigenvalue weighted by Crippen LogP contribution is -2.39. The summed E-state index contributed by atoms with van der Waals surface area (Å²) in [5.41, 5.74) is 1.14. The highest BCUT2D eigenvalue weighted by Crippen LogP contribution is 2.31. The van der Waals surface area contributed by atoms with Crippen LogP contribution in [0.4, 0.5) is 0 Å². The number of hydrogen-bond acceptors (Lipinski definition) is 4. The molecule has 2 unspecified atom stereocenters. The fourth-order valence-electron chi connectivity index (χ4n) is 3.08. The zero-order valence-electron chi connectivity index (χ0n) is 12.3. The quantitative estimate of drug-likeness (QED) is 0.914. The van der Waals surface area contributed by atoms with E-state index in [-0.39, 0.29) is 0 Å². The number of para-hydroxylation sites is 1. The molecule has 108 valence electrons. The van der Waals surface area contributed by atoms with Crippen molar-refractivity contribution in [1.82, 2.24) is 15.2 Å². The van der Waals surface area contributed by atoms with E-state index in [2.05, 4.69) is 48.3 Å². The van der Waals surface area contributed by atoms with Gasteiger partial charge < -0.3 is 5.32 Å². The third kappa shape index (κ3) is 2.73. The molecule has 0 spiro atoms. The van der Waals surface area contributed by atoms with Gasteiger partial charge in [0.1, 0.15) is 5.01 Å². The summed E-state index contributed by atoms with van der Waals surface area (Å²) in [5, 5.41) is 4.74. The van der Waals surface area contributed by atoms with Crippen LogP contribution in [0, 0.1) is 0 Å². The van der Waals surface area contributed by atoms with Crippen LogP contribution in [0.3, 0.4) is 0 Å². The minimum atomic E-state index is 0.414. The highest BCUT2D eigenvalue weighted by Gasteiger charge is 2.28. The van der Waals surface area contributed by atoms with Gasteiger partial charge in [0.2, 0.25) is 0 Å². The fraction of sp³-hybridized carbons (Fsp3) is 0.562. The molecule has 1 saturated heterocycles. The smallest absolute Gasteiger partial charge is 0.111 e. The van der Waals surface area contributed by atoms with Gasteiger partial charge in [-0.1, -0.05) is 19.1 Å². The largest absolute Gasteiger partial charge is 0.315 e. The van der Waals surface area contributed by atoms with E-state index in [1.165, 1.54) is 22.5 Å². The van der Waals surface area contributed by atoms with Gasteiger partial charge in [-0.2, -0.15) is 0 Å². The summed E-state index contributed by atoms with van der Waals surface area (Å²) < 4.78 is 1.30. The van der Waals surface area contributed by atoms with E-state index in [0.717, 1.165) is 25.2 Å². The number of fused-ring (bicyclic) bond motifs is 1. The topological polar surface area (TPSA) is 28.2 Å². The lowest BCUT2D eigenvalue weighted by Gasteiger charge is -2.32. The summed E-state index contributed by atoms with van der Waals surface area (Å²) in [5.74, 6) is 0. The predicted molar refractivity (Wildman–Crippen MR) is 86.3 cm³/mol. The van der Waals surface area contributed by atoms with E-state index in [9.17, 15) is 0 Å². The number of nitrogens with one attached hydrogen (secondary N) is 1. The van der Waals surface area contributed by atoms with E-state index < -0.39 is 0 Å². The van der Waals surface area contributed by atoms with Crippen LogP contribution < -0.4 is 5.32 Å². The SMILES string of the molecule is CCCN(C1CCNC1)C(C)c1nc2ccccc2s1. The van der Waals surface area contributed by atoms with Gasteiger partial charge >= 0.3 is 0 Å². The van der Waals surface area contributed by atoms with Crippen molar-refractivity contribution in [2.75, 3.05) is 19.6 Å². The van der Waals surface area contributed by atoms with Crippen LogP contribution in [0.25, 0.3) is 10.2 Å². The molecule has 2 aromatic rings. The van der Waals surface area contributed by atoms with Crippen molar-refractivity contribution in [2.45, 2.75) is 38.8 Å². The minimum Gasteiger partial charge on any atom is -0.315 e. The molecule has 0 amide bonds. The van der Waals surface area contributed by atoms with Crippen LogP contribution >= 0.6 is 11.3 Å². The van der Waals surface area contributed by atoms with Crippen LogP contribution in [0.5, 0.6) is 0 Å². The van der Waals surface area contributed by atoms with Gasteiger partial charge in [0.15, 0.2) is 0 Å². The maximum atomic E-state index is 4.84. The summed E-state index contributed by atoms with van der Waals surface area (Å²) in [6.07, 6.45) is 2.46. The van der Waals surface area contributed by atoms with Gasteiger partial charge in [-0.05, 0) is 45.0 Å². The number of rotatable bonds is 5. The van der Waals surface area contributed by atoms with Crippen LogP contribution in [0.2, 0.25) is 0 Å². The van der Waals surface area contributed by atoms with Gasteiger partial charge in [-0.3, -0.25) is 4.90 Å². The predicted octanol–water partition coefficient (Wildman–Crippen LogP) is 3.43. The molecular weight excluding hydrogens is 266 g/mol. The highest BCUT2D eigenvalue weighted by molar-refractivity contribution is 7.18. The van der Waals surface area contributed by atoms with Crippen molar-refractivity contribution in [3.05, 3.63) is 29.3 Å². The Morgan fingerprint density at radius 2 is 2.30 bits per heavy atom. The van der Waals surface area contributed by atoms with Crippen molar-refractivity contribution in [1.29, 1.82) is 0 Å². The summed E-state index contributed by atoms with van der Waals surface area (Å²) in [4.78, 5) is 7.48. The molecule has 0 radical (unpaired) electrons. The molecule has 20 heavy (non-hydrogen) atoms. The average Bonchev–Trinajstić information content (AvgIpc) is 3.12. The van der Waals surface area contributed by atoms with Crippen molar-refractivity contribution >= 4 is 21.6 Å². The minimum absolute atomic E-state index is 0.414. The van der Waals surface area contributed by atoms with Crippen LogP contribution in [0.1, 0.15) is 37.7 Å². The zero-order chi connectivity index (χ0) is 13.9. The zero-order valence-corrected chi connectivity index (χ0v) is 13.1. The highest BCUT2D eigenvalue weighted by atomic mass is 32.1. The maximum Gasteiger partial charge on any atom is 0.111 e. The summed E-state index contributed by atoms with van der Waals surface area (Å²) in [6, 6.07) is 9.53. The Hall–Kier alpha value is -0.970. The average molecular weight is 289 g/mol. The van der Waals surface area contributed by atoms with Gasteiger partial charge in [0.25, 0.3) is 0 Å². The maximum absolute atomic E-state index is 4.84. The lowest BCUT2D eigenvalue weighted by molar-refractivity contribution is 0.153. The molecule has 4 heteroatoms. The first-order chi connectivity index (χ1) is 9.79. The molecule has 1 fully saturated rings. The first-order valence-electron chi connectivity index (χ1n) is 7.61. The van der Waals surface area contributed by atoms with E-state index in [1.54, 1.807) is 0 Å². The van der Waals surface area contributed by atoms with E-state index in [0.29, 0.717) is 12.1 Å². The Morgan fingerprint density at radius 1 is 1.45 bits per heavy atom. The second-order valence-electron chi connectivity index (χ2n) is 5.58. The Bertz CT molecular complexity index is 527. The van der Waals surface area contributed by atoms with Gasteiger partial charge in [-0.15, -0.1) is 11.3 Å². The van der Waals surface area contributed by atoms with Gasteiger partial charge in [0.05, 0.1) is 16.3 Å². The summed E-state index contributed by atoms with van der Waals surface area (Å²) >= 11 is 1.85.